The zero-order valence-electron chi connectivity index (χ0n) is 23.8. The Kier molecular flexibility index (Phi) is 9.14. The highest BCUT2D eigenvalue weighted by molar-refractivity contribution is 5.85. The minimum Gasteiger partial charge on any atom is -0.481 e. The number of halogens is 1. The van der Waals surface area contributed by atoms with Gasteiger partial charge in [-0.2, -0.15) is 0 Å². The van der Waals surface area contributed by atoms with Crippen LogP contribution >= 0.6 is 0 Å². The van der Waals surface area contributed by atoms with Crippen molar-refractivity contribution in [3.8, 4) is 0 Å². The van der Waals surface area contributed by atoms with E-state index in [9.17, 15) is 9.18 Å². The molecule has 0 amide bonds. The number of aromatic nitrogens is 1. The zero-order valence-corrected chi connectivity index (χ0v) is 23.8. The number of H-pyrrole nitrogens is 1. The van der Waals surface area contributed by atoms with Gasteiger partial charge in [-0.1, -0.05) is 44.2 Å². The van der Waals surface area contributed by atoms with Gasteiger partial charge in [-0.15, -0.1) is 0 Å². The Balaban J connectivity index is 0.000000274. The third kappa shape index (κ3) is 6.21. The molecule has 2 aromatic carbocycles. The van der Waals surface area contributed by atoms with Gasteiger partial charge in [-0.3, -0.25) is 9.69 Å². The molecule has 0 bridgehead atoms. The molecule has 0 saturated heterocycles. The van der Waals surface area contributed by atoms with Gasteiger partial charge >= 0.3 is 5.97 Å². The SMILES string of the molecule is CC(C)C[C@H](CN)CC(=O)O.CN(C)C1(c2ccccc2)CCC2(CC1)OCCc1c2[nH]c2ccc(F)cc12. The maximum absolute atomic E-state index is 13.8. The largest absolute Gasteiger partial charge is 0.481 e. The third-order valence-corrected chi connectivity index (χ3v) is 8.71. The summed E-state index contributed by atoms with van der Waals surface area (Å²) in [5.74, 6) is -0.245. The van der Waals surface area contributed by atoms with Gasteiger partial charge in [0, 0.05) is 22.9 Å². The van der Waals surface area contributed by atoms with Gasteiger partial charge in [-0.25, -0.2) is 4.39 Å². The first-order valence-electron chi connectivity index (χ1n) is 14.2. The first-order valence-corrected chi connectivity index (χ1v) is 14.2. The second-order valence-electron chi connectivity index (χ2n) is 11.9. The molecule has 0 radical (unpaired) electrons. The van der Waals surface area contributed by atoms with Gasteiger partial charge < -0.3 is 20.6 Å². The smallest absolute Gasteiger partial charge is 0.303 e. The fraction of sp³-hybridized carbons (Fsp3) is 0.531. The maximum Gasteiger partial charge on any atom is 0.303 e. The van der Waals surface area contributed by atoms with Gasteiger partial charge in [-0.05, 0) is 100 Å². The summed E-state index contributed by atoms with van der Waals surface area (Å²) < 4.78 is 20.3. The molecule has 1 spiro atoms. The van der Waals surface area contributed by atoms with Crippen LogP contribution < -0.4 is 5.73 Å². The molecule has 1 aliphatic carbocycles. The van der Waals surface area contributed by atoms with Gasteiger partial charge in [0.05, 0.1) is 12.3 Å². The summed E-state index contributed by atoms with van der Waals surface area (Å²) in [6, 6.07) is 15.9. The Hall–Kier alpha value is -2.74. The number of rotatable bonds is 7. The van der Waals surface area contributed by atoms with Crippen molar-refractivity contribution in [1.29, 1.82) is 0 Å². The van der Waals surface area contributed by atoms with Crippen molar-refractivity contribution in [2.75, 3.05) is 27.2 Å². The van der Waals surface area contributed by atoms with E-state index in [0.29, 0.717) is 19.1 Å². The summed E-state index contributed by atoms with van der Waals surface area (Å²) in [5.41, 5.74) is 9.98. The molecule has 1 fully saturated rings. The van der Waals surface area contributed by atoms with Crippen LogP contribution in [0.1, 0.15) is 69.2 Å². The van der Waals surface area contributed by atoms with Crippen LogP contribution in [0.25, 0.3) is 10.9 Å². The van der Waals surface area contributed by atoms with E-state index < -0.39 is 5.97 Å². The summed E-state index contributed by atoms with van der Waals surface area (Å²) >= 11 is 0. The predicted molar refractivity (Wildman–Crippen MR) is 154 cm³/mol. The van der Waals surface area contributed by atoms with E-state index in [1.54, 1.807) is 6.07 Å². The average Bonchev–Trinajstić information content (AvgIpc) is 3.28. The van der Waals surface area contributed by atoms with Crippen LogP contribution in [0.4, 0.5) is 4.39 Å². The highest BCUT2D eigenvalue weighted by Crippen LogP contribution is 2.52. The fourth-order valence-corrected chi connectivity index (χ4v) is 6.67. The molecule has 2 heterocycles. The number of nitrogens with zero attached hydrogens (tertiary/aromatic N) is 1. The lowest BCUT2D eigenvalue weighted by Crippen LogP contribution is -2.50. The molecule has 1 saturated carbocycles. The first kappa shape index (κ1) is 29.2. The Morgan fingerprint density at radius 2 is 1.82 bits per heavy atom. The Labute approximate surface area is 231 Å². The Bertz CT molecular complexity index is 1250. The number of hydrogen-bond acceptors (Lipinski definition) is 4. The summed E-state index contributed by atoms with van der Waals surface area (Å²) in [4.78, 5) is 16.3. The fourth-order valence-electron chi connectivity index (χ4n) is 6.67. The molecule has 0 unspecified atom stereocenters. The normalized spacial score (nSPS) is 23.5. The molecular weight excluding hydrogens is 493 g/mol. The van der Waals surface area contributed by atoms with Crippen LogP contribution in [-0.4, -0.2) is 48.2 Å². The van der Waals surface area contributed by atoms with Crippen molar-refractivity contribution in [1.82, 2.24) is 9.88 Å². The topological polar surface area (TPSA) is 91.6 Å². The van der Waals surface area contributed by atoms with E-state index in [0.717, 1.165) is 49.4 Å². The quantitative estimate of drug-likeness (QED) is 0.334. The summed E-state index contributed by atoms with van der Waals surface area (Å²) in [6.07, 6.45) is 5.95. The average molecular weight is 538 g/mol. The van der Waals surface area contributed by atoms with E-state index >= 15 is 0 Å². The summed E-state index contributed by atoms with van der Waals surface area (Å²) in [5, 5.41) is 9.49. The van der Waals surface area contributed by atoms with E-state index in [1.165, 1.54) is 22.9 Å². The molecule has 1 aromatic heterocycles. The molecule has 7 heteroatoms. The van der Waals surface area contributed by atoms with Crippen molar-refractivity contribution in [3.63, 3.8) is 0 Å². The van der Waals surface area contributed by atoms with Crippen LogP contribution in [0.2, 0.25) is 0 Å². The van der Waals surface area contributed by atoms with Crippen molar-refractivity contribution < 1.29 is 19.0 Å². The van der Waals surface area contributed by atoms with Gasteiger partial charge in [0.2, 0.25) is 0 Å². The van der Waals surface area contributed by atoms with Crippen LogP contribution in [0.3, 0.4) is 0 Å². The van der Waals surface area contributed by atoms with E-state index in [1.807, 2.05) is 6.07 Å². The Morgan fingerprint density at radius 1 is 1.13 bits per heavy atom. The molecule has 3 aromatic rings. The number of carboxylic acid groups (broad SMARTS) is 1. The number of carboxylic acids is 1. The molecule has 4 N–H and O–H groups in total. The lowest BCUT2D eigenvalue weighted by Gasteiger charge is -2.50. The first-order chi connectivity index (χ1) is 18.6. The number of benzene rings is 2. The van der Waals surface area contributed by atoms with Crippen molar-refractivity contribution in [2.45, 2.75) is 69.9 Å². The number of fused-ring (bicyclic) bond motifs is 4. The maximum atomic E-state index is 13.8. The van der Waals surface area contributed by atoms with Gasteiger partial charge in [0.25, 0.3) is 0 Å². The number of ether oxygens (including phenoxy) is 1. The minimum atomic E-state index is -0.749. The molecule has 2 aliphatic rings. The number of aromatic amines is 1. The zero-order chi connectivity index (χ0) is 28.2. The van der Waals surface area contributed by atoms with Crippen LogP contribution in [0.15, 0.2) is 48.5 Å². The second-order valence-corrected chi connectivity index (χ2v) is 11.9. The lowest BCUT2D eigenvalue weighted by atomic mass is 9.68. The van der Waals surface area contributed by atoms with E-state index in [-0.39, 0.29) is 29.3 Å². The molecule has 6 nitrogen and oxygen atoms in total. The highest BCUT2D eigenvalue weighted by atomic mass is 19.1. The number of nitrogens with two attached hydrogens (primary N) is 1. The van der Waals surface area contributed by atoms with Gasteiger partial charge in [0.1, 0.15) is 11.4 Å². The monoisotopic (exact) mass is 537 g/mol. The number of hydrogen-bond donors (Lipinski definition) is 3. The molecule has 39 heavy (non-hydrogen) atoms. The number of carbonyl (C=O) groups is 1. The molecular formula is C32H44FN3O3. The van der Waals surface area contributed by atoms with Crippen molar-refractivity contribution in [3.05, 3.63) is 71.2 Å². The number of aliphatic carboxylic acids is 1. The highest BCUT2D eigenvalue weighted by Gasteiger charge is 2.49. The van der Waals surface area contributed by atoms with E-state index in [2.05, 4.69) is 68.2 Å². The molecule has 5 rings (SSSR count). The molecule has 1 aliphatic heterocycles. The summed E-state index contributed by atoms with van der Waals surface area (Å²) in [7, 11) is 4.37. The standard InChI is InChI=1S/C24H27FN2O.C8H17NO2/c1-27(2)23(17-6-4-3-5-7-17)11-13-24(14-12-23)22-19(10-15-28-24)20-16-18(25)8-9-21(20)26-22;1-6(2)3-7(5-9)4-8(10)11/h3-9,16,26H,10-15H2,1-2H3;6-7H,3-5,9H2,1-2H3,(H,10,11)/t;7-/m.0/s1. The second kappa shape index (κ2) is 12.2. The number of nitrogens with one attached hydrogen (secondary N) is 1. The van der Waals surface area contributed by atoms with E-state index in [4.69, 9.17) is 15.6 Å². The molecule has 212 valence electrons. The van der Waals surface area contributed by atoms with Crippen LogP contribution in [0.5, 0.6) is 0 Å². The van der Waals surface area contributed by atoms with Crippen molar-refractivity contribution in [2.24, 2.45) is 17.6 Å². The third-order valence-electron chi connectivity index (χ3n) is 8.71. The van der Waals surface area contributed by atoms with Crippen LogP contribution in [0, 0.1) is 17.7 Å². The summed E-state index contributed by atoms with van der Waals surface area (Å²) in [6.45, 7) is 5.33. The van der Waals surface area contributed by atoms with Crippen molar-refractivity contribution >= 4 is 16.9 Å². The lowest BCUT2D eigenvalue weighted by molar-refractivity contribution is -0.138. The molecule has 1 atom stereocenters. The Morgan fingerprint density at radius 3 is 2.41 bits per heavy atom. The predicted octanol–water partition coefficient (Wildman–Crippen LogP) is 6.19. The van der Waals surface area contributed by atoms with Crippen LogP contribution in [-0.2, 0) is 27.1 Å². The minimum absolute atomic E-state index is 0.0333. The van der Waals surface area contributed by atoms with Gasteiger partial charge in [0.15, 0.2) is 0 Å².